The van der Waals surface area contributed by atoms with Gasteiger partial charge in [0, 0.05) is 31.2 Å². The molecule has 1 aliphatic heterocycles. The molecular weight excluding hydrogens is 200 g/mol. The maximum Gasteiger partial charge on any atom is 0.0695 e. The quantitative estimate of drug-likeness (QED) is 0.730. The molecule has 16 heavy (non-hydrogen) atoms. The van der Waals surface area contributed by atoms with Gasteiger partial charge in [0.1, 0.15) is 0 Å². The molecule has 0 radical (unpaired) electrons. The molecule has 94 valence electrons. The Labute approximate surface area is 99.4 Å². The van der Waals surface area contributed by atoms with Crippen LogP contribution in [0.5, 0.6) is 0 Å². The summed E-state index contributed by atoms with van der Waals surface area (Å²) in [6, 6.07) is 1.64. The lowest BCUT2D eigenvalue weighted by Crippen LogP contribution is -2.60. The second-order valence-electron chi connectivity index (χ2n) is 5.74. The summed E-state index contributed by atoms with van der Waals surface area (Å²) in [5.74, 6) is 0. The molecule has 1 saturated heterocycles. The lowest BCUT2D eigenvalue weighted by Gasteiger charge is -2.47. The van der Waals surface area contributed by atoms with Gasteiger partial charge in [-0.2, -0.15) is 0 Å². The zero-order valence-electron chi connectivity index (χ0n) is 10.9. The molecule has 2 rings (SSSR count). The van der Waals surface area contributed by atoms with Crippen LogP contribution in [0.3, 0.4) is 0 Å². The standard InChI is InChI=1S/C13H26N2O/c1-10-8-15(9-11(2)14(10)3)12-6-4-5-7-13(12)16/h10-13,16H,4-9H2,1-3H3/t10?,11?,12-,13-/m1/s1. The maximum absolute atomic E-state index is 10.1. The average Bonchev–Trinajstić information content (AvgIpc) is 2.26. The summed E-state index contributed by atoms with van der Waals surface area (Å²) in [6.45, 7) is 6.81. The zero-order valence-corrected chi connectivity index (χ0v) is 10.9. The van der Waals surface area contributed by atoms with E-state index in [2.05, 4.69) is 30.7 Å². The molecule has 0 aromatic rings. The minimum Gasteiger partial charge on any atom is -0.391 e. The molecule has 0 bridgehead atoms. The first-order valence-corrected chi connectivity index (χ1v) is 6.73. The molecule has 4 atom stereocenters. The molecule has 1 N–H and O–H groups in total. The molecule has 0 amide bonds. The van der Waals surface area contributed by atoms with E-state index in [1.54, 1.807) is 0 Å². The van der Waals surface area contributed by atoms with E-state index in [1.165, 1.54) is 19.3 Å². The predicted octanol–water partition coefficient (Wildman–Crippen LogP) is 1.31. The average molecular weight is 226 g/mol. The molecule has 0 spiro atoms. The third kappa shape index (κ3) is 2.41. The van der Waals surface area contributed by atoms with E-state index in [4.69, 9.17) is 0 Å². The van der Waals surface area contributed by atoms with Gasteiger partial charge in [0.2, 0.25) is 0 Å². The summed E-state index contributed by atoms with van der Waals surface area (Å²) >= 11 is 0. The van der Waals surface area contributed by atoms with Crippen LogP contribution >= 0.6 is 0 Å². The number of aliphatic hydroxyl groups excluding tert-OH is 1. The van der Waals surface area contributed by atoms with Gasteiger partial charge < -0.3 is 5.11 Å². The van der Waals surface area contributed by atoms with Crippen LogP contribution in [0.2, 0.25) is 0 Å². The Kier molecular flexibility index (Phi) is 3.88. The first-order valence-electron chi connectivity index (χ1n) is 6.73. The van der Waals surface area contributed by atoms with E-state index >= 15 is 0 Å². The van der Waals surface area contributed by atoms with Crippen LogP contribution < -0.4 is 0 Å². The number of likely N-dealkylation sites (N-methyl/N-ethyl adjacent to an activating group) is 1. The summed E-state index contributed by atoms with van der Waals surface area (Å²) in [6.07, 6.45) is 4.59. The predicted molar refractivity (Wildman–Crippen MR) is 66.5 cm³/mol. The van der Waals surface area contributed by atoms with Crippen molar-refractivity contribution in [2.45, 2.75) is 63.8 Å². The van der Waals surface area contributed by atoms with Gasteiger partial charge in [-0.15, -0.1) is 0 Å². The second-order valence-corrected chi connectivity index (χ2v) is 5.74. The monoisotopic (exact) mass is 226 g/mol. The minimum absolute atomic E-state index is 0.0865. The molecule has 2 aliphatic rings. The second kappa shape index (κ2) is 5.03. The van der Waals surface area contributed by atoms with Crippen molar-refractivity contribution in [3.05, 3.63) is 0 Å². The number of nitrogens with zero attached hydrogens (tertiary/aromatic N) is 2. The zero-order chi connectivity index (χ0) is 11.7. The van der Waals surface area contributed by atoms with Crippen molar-refractivity contribution in [3.63, 3.8) is 0 Å². The summed E-state index contributed by atoms with van der Waals surface area (Å²) in [7, 11) is 2.21. The minimum atomic E-state index is -0.0865. The van der Waals surface area contributed by atoms with Gasteiger partial charge in [-0.25, -0.2) is 0 Å². The van der Waals surface area contributed by atoms with Crippen LogP contribution in [-0.4, -0.2) is 59.3 Å². The molecule has 0 aromatic heterocycles. The first-order chi connectivity index (χ1) is 7.59. The fourth-order valence-corrected chi connectivity index (χ4v) is 3.23. The molecule has 1 heterocycles. The summed E-state index contributed by atoms with van der Waals surface area (Å²) in [5.41, 5.74) is 0. The number of hydrogen-bond acceptors (Lipinski definition) is 3. The highest BCUT2D eigenvalue weighted by Crippen LogP contribution is 2.26. The number of piperazine rings is 1. The Morgan fingerprint density at radius 2 is 1.56 bits per heavy atom. The highest BCUT2D eigenvalue weighted by molar-refractivity contribution is 4.90. The third-order valence-corrected chi connectivity index (χ3v) is 4.55. The van der Waals surface area contributed by atoms with E-state index in [1.807, 2.05) is 0 Å². The molecule has 1 saturated carbocycles. The van der Waals surface area contributed by atoms with Crippen LogP contribution in [0.4, 0.5) is 0 Å². The van der Waals surface area contributed by atoms with Crippen LogP contribution in [0.25, 0.3) is 0 Å². The Morgan fingerprint density at radius 1 is 1.00 bits per heavy atom. The van der Waals surface area contributed by atoms with Gasteiger partial charge in [-0.1, -0.05) is 12.8 Å². The maximum atomic E-state index is 10.1. The van der Waals surface area contributed by atoms with Crippen molar-refractivity contribution in [2.24, 2.45) is 0 Å². The van der Waals surface area contributed by atoms with Crippen molar-refractivity contribution >= 4 is 0 Å². The Morgan fingerprint density at radius 3 is 2.12 bits per heavy atom. The van der Waals surface area contributed by atoms with Crippen molar-refractivity contribution in [1.29, 1.82) is 0 Å². The van der Waals surface area contributed by atoms with Crippen LogP contribution in [0.1, 0.15) is 39.5 Å². The van der Waals surface area contributed by atoms with Gasteiger partial charge >= 0.3 is 0 Å². The van der Waals surface area contributed by atoms with Crippen molar-refractivity contribution < 1.29 is 5.11 Å². The van der Waals surface area contributed by atoms with Crippen molar-refractivity contribution in [1.82, 2.24) is 9.80 Å². The molecule has 2 unspecified atom stereocenters. The van der Waals surface area contributed by atoms with E-state index in [-0.39, 0.29) is 6.10 Å². The highest BCUT2D eigenvalue weighted by Gasteiger charge is 2.34. The summed E-state index contributed by atoms with van der Waals surface area (Å²) < 4.78 is 0. The smallest absolute Gasteiger partial charge is 0.0695 e. The molecule has 0 aromatic carbocycles. The van der Waals surface area contributed by atoms with Gasteiger partial charge in [-0.05, 0) is 33.7 Å². The van der Waals surface area contributed by atoms with E-state index < -0.39 is 0 Å². The van der Waals surface area contributed by atoms with Crippen LogP contribution in [-0.2, 0) is 0 Å². The third-order valence-electron chi connectivity index (χ3n) is 4.55. The summed E-state index contributed by atoms with van der Waals surface area (Å²) in [4.78, 5) is 4.98. The number of hydrogen-bond donors (Lipinski definition) is 1. The normalized spacial score (nSPS) is 43.5. The molecule has 2 fully saturated rings. The van der Waals surface area contributed by atoms with Crippen LogP contribution in [0, 0.1) is 0 Å². The van der Waals surface area contributed by atoms with Gasteiger partial charge in [0.15, 0.2) is 0 Å². The topological polar surface area (TPSA) is 26.7 Å². The van der Waals surface area contributed by atoms with Crippen molar-refractivity contribution in [3.8, 4) is 0 Å². The van der Waals surface area contributed by atoms with Gasteiger partial charge in [0.05, 0.1) is 6.10 Å². The van der Waals surface area contributed by atoms with Crippen LogP contribution in [0.15, 0.2) is 0 Å². The summed E-state index contributed by atoms with van der Waals surface area (Å²) in [5, 5.41) is 10.1. The molecule has 1 aliphatic carbocycles. The molecule has 3 nitrogen and oxygen atoms in total. The van der Waals surface area contributed by atoms with Gasteiger partial charge in [-0.3, -0.25) is 9.80 Å². The van der Waals surface area contributed by atoms with E-state index in [0.717, 1.165) is 19.5 Å². The lowest BCUT2D eigenvalue weighted by atomic mass is 9.90. The fourth-order valence-electron chi connectivity index (χ4n) is 3.23. The Hall–Kier alpha value is -0.120. The number of rotatable bonds is 1. The molecular formula is C13H26N2O. The van der Waals surface area contributed by atoms with Gasteiger partial charge in [0.25, 0.3) is 0 Å². The first kappa shape index (κ1) is 12.3. The Bertz CT molecular complexity index is 222. The van der Waals surface area contributed by atoms with E-state index in [0.29, 0.717) is 18.1 Å². The molecule has 3 heteroatoms. The highest BCUT2D eigenvalue weighted by atomic mass is 16.3. The van der Waals surface area contributed by atoms with E-state index in [9.17, 15) is 5.11 Å². The Balaban J connectivity index is 1.98. The lowest BCUT2D eigenvalue weighted by molar-refractivity contribution is -0.0300. The largest absolute Gasteiger partial charge is 0.391 e. The fraction of sp³-hybridized carbons (Fsp3) is 1.00. The SMILES string of the molecule is CC1CN([C@@H]2CCCC[C@H]2O)CC(C)N1C. The van der Waals surface area contributed by atoms with Crippen molar-refractivity contribution in [2.75, 3.05) is 20.1 Å². The number of aliphatic hydroxyl groups is 1.